The topological polar surface area (TPSA) is 35.4 Å². The molecule has 0 saturated carbocycles. The molecule has 0 spiro atoms. The normalized spacial score (nSPS) is 16.3. The van der Waals surface area contributed by atoms with Gasteiger partial charge >= 0.3 is 0 Å². The van der Waals surface area contributed by atoms with Crippen molar-refractivity contribution in [2.24, 2.45) is 4.40 Å². The maximum absolute atomic E-state index is 11.5. The lowest BCUT2D eigenvalue weighted by atomic mass is 10.3. The molecule has 0 radical (unpaired) electrons. The molecule has 0 aromatic rings. The van der Waals surface area contributed by atoms with Gasteiger partial charge in [0.05, 0.1) is 0 Å². The van der Waals surface area contributed by atoms with E-state index >= 15 is 0 Å². The predicted octanol–water partition coefficient (Wildman–Crippen LogP) is 1.78. The Balaban J connectivity index is 3.97. The molecule has 0 bridgehead atoms. The zero-order valence-electron chi connectivity index (χ0n) is 6.67. The molecule has 11 heavy (non-hydrogen) atoms. The van der Waals surface area contributed by atoms with Crippen molar-refractivity contribution in [3.05, 3.63) is 0 Å². The number of nitrogens with zero attached hydrogens (tertiary/aromatic N) is 1. The van der Waals surface area contributed by atoms with Crippen LogP contribution in [0.1, 0.15) is 20.8 Å². The summed E-state index contributed by atoms with van der Waals surface area (Å²) in [5, 5.41) is 0. The molecule has 0 aliphatic carbocycles. The second-order valence-corrected chi connectivity index (χ2v) is 4.88. The largest absolute Gasteiger partial charge is 0.591 e. The number of hydrogen-bond donors (Lipinski definition) is 0. The number of alkyl halides is 2. The number of rotatable bonds is 2. The summed E-state index contributed by atoms with van der Waals surface area (Å²) in [5.41, 5.74) is 0. The van der Waals surface area contributed by atoms with Gasteiger partial charge in [-0.3, -0.25) is 0 Å². The first-order valence-electron chi connectivity index (χ1n) is 3.08. The molecule has 0 N–H and O–H groups in total. The van der Waals surface area contributed by atoms with E-state index in [2.05, 4.69) is 4.40 Å². The van der Waals surface area contributed by atoms with Gasteiger partial charge in [0, 0.05) is 0 Å². The van der Waals surface area contributed by atoms with Crippen LogP contribution in [-0.2, 0) is 11.4 Å². The Bertz CT molecular complexity index is 144. The van der Waals surface area contributed by atoms with Crippen molar-refractivity contribution in [3.63, 3.8) is 0 Å². The molecule has 0 aromatic carbocycles. The van der Waals surface area contributed by atoms with Crippen molar-refractivity contribution in [3.8, 4) is 0 Å². The summed E-state index contributed by atoms with van der Waals surface area (Å²) in [6, 6.07) is 0. The fourth-order valence-corrected chi connectivity index (χ4v) is 0.778. The molecule has 0 aliphatic heterocycles. The molecule has 0 amide bonds. The van der Waals surface area contributed by atoms with E-state index in [0.717, 1.165) is 0 Å². The molecule has 0 fully saturated rings. The van der Waals surface area contributed by atoms with Gasteiger partial charge in [-0.25, -0.2) is 8.78 Å². The SMILES string of the molecule is CC(C)(C)[S@+]([O-])/N=C/C(F)F. The van der Waals surface area contributed by atoms with Gasteiger partial charge < -0.3 is 4.55 Å². The summed E-state index contributed by atoms with van der Waals surface area (Å²) in [7, 11) is 0. The summed E-state index contributed by atoms with van der Waals surface area (Å²) >= 11 is -1.57. The van der Waals surface area contributed by atoms with Crippen LogP contribution in [0.4, 0.5) is 8.78 Å². The zero-order valence-corrected chi connectivity index (χ0v) is 7.49. The number of hydrogen-bond acceptors (Lipinski definition) is 2. The van der Waals surface area contributed by atoms with Crippen LogP contribution < -0.4 is 0 Å². The van der Waals surface area contributed by atoms with Gasteiger partial charge in [-0.1, -0.05) is 4.40 Å². The average molecular weight is 183 g/mol. The molecular weight excluding hydrogens is 172 g/mol. The van der Waals surface area contributed by atoms with Crippen LogP contribution in [0.25, 0.3) is 0 Å². The third-order valence-corrected chi connectivity index (χ3v) is 2.15. The highest BCUT2D eigenvalue weighted by molar-refractivity contribution is 7.91. The molecule has 2 nitrogen and oxygen atoms in total. The highest BCUT2D eigenvalue weighted by Crippen LogP contribution is 2.16. The second kappa shape index (κ2) is 4.01. The van der Waals surface area contributed by atoms with Crippen LogP contribution in [-0.4, -0.2) is 21.9 Å². The van der Waals surface area contributed by atoms with E-state index in [1.54, 1.807) is 20.8 Å². The van der Waals surface area contributed by atoms with Crippen LogP contribution in [0.2, 0.25) is 0 Å². The highest BCUT2D eigenvalue weighted by atomic mass is 32.2. The van der Waals surface area contributed by atoms with Gasteiger partial charge in [-0.2, -0.15) is 0 Å². The van der Waals surface area contributed by atoms with Gasteiger partial charge in [-0.05, 0) is 20.8 Å². The summed E-state index contributed by atoms with van der Waals surface area (Å²) < 4.78 is 36.6. The Morgan fingerprint density at radius 3 is 2.18 bits per heavy atom. The Morgan fingerprint density at radius 2 is 1.91 bits per heavy atom. The standard InChI is InChI=1S/C6H11F2NOS/c1-6(2,3)11(10)9-4-5(7)8/h4-5H,1-3H3/b9-4+/t11-/m0/s1. The Hall–Kier alpha value is -0.160. The van der Waals surface area contributed by atoms with E-state index in [1.165, 1.54) is 0 Å². The van der Waals surface area contributed by atoms with Crippen LogP contribution >= 0.6 is 0 Å². The quantitative estimate of drug-likeness (QED) is 0.474. The van der Waals surface area contributed by atoms with Crippen molar-refractivity contribution in [1.82, 2.24) is 0 Å². The molecule has 0 saturated heterocycles. The van der Waals surface area contributed by atoms with E-state index in [9.17, 15) is 13.3 Å². The van der Waals surface area contributed by atoms with E-state index in [1.807, 2.05) is 0 Å². The molecule has 66 valence electrons. The Morgan fingerprint density at radius 1 is 1.45 bits per heavy atom. The zero-order chi connectivity index (χ0) is 9.07. The lowest BCUT2D eigenvalue weighted by Gasteiger charge is -2.17. The smallest absolute Gasteiger partial charge is 0.278 e. The first-order chi connectivity index (χ1) is 4.84. The highest BCUT2D eigenvalue weighted by Gasteiger charge is 2.26. The van der Waals surface area contributed by atoms with Crippen molar-refractivity contribution in [2.45, 2.75) is 31.9 Å². The van der Waals surface area contributed by atoms with Gasteiger partial charge in [0.15, 0.2) is 0 Å². The van der Waals surface area contributed by atoms with Crippen LogP contribution in [0.15, 0.2) is 4.40 Å². The van der Waals surface area contributed by atoms with E-state index in [4.69, 9.17) is 0 Å². The summed E-state index contributed by atoms with van der Waals surface area (Å²) in [6.45, 7) is 5.02. The van der Waals surface area contributed by atoms with Crippen molar-refractivity contribution >= 4 is 17.6 Å². The van der Waals surface area contributed by atoms with Crippen LogP contribution in [0, 0.1) is 0 Å². The molecule has 0 aliphatic rings. The van der Waals surface area contributed by atoms with Crippen molar-refractivity contribution in [2.75, 3.05) is 0 Å². The fraction of sp³-hybridized carbons (Fsp3) is 0.833. The maximum atomic E-state index is 11.5. The third-order valence-electron chi connectivity index (χ3n) is 0.793. The molecular formula is C6H11F2NOS. The van der Waals surface area contributed by atoms with E-state index in [-0.39, 0.29) is 0 Å². The monoisotopic (exact) mass is 183 g/mol. The van der Waals surface area contributed by atoms with Crippen molar-refractivity contribution in [1.29, 1.82) is 0 Å². The fourth-order valence-electron chi connectivity index (χ4n) is 0.259. The van der Waals surface area contributed by atoms with Gasteiger partial charge in [-0.15, -0.1) is 0 Å². The third kappa shape index (κ3) is 5.15. The van der Waals surface area contributed by atoms with E-state index in [0.29, 0.717) is 6.21 Å². The number of halogens is 2. The predicted molar refractivity (Wildman–Crippen MR) is 42.4 cm³/mol. The lowest BCUT2D eigenvalue weighted by molar-refractivity contribution is 0.231. The Labute approximate surface area is 68.0 Å². The van der Waals surface area contributed by atoms with Gasteiger partial charge in [0.1, 0.15) is 22.3 Å². The van der Waals surface area contributed by atoms with Crippen LogP contribution in [0.3, 0.4) is 0 Å². The summed E-state index contributed by atoms with van der Waals surface area (Å²) in [6.07, 6.45) is -2.22. The van der Waals surface area contributed by atoms with Crippen LogP contribution in [0.5, 0.6) is 0 Å². The van der Waals surface area contributed by atoms with Crippen molar-refractivity contribution < 1.29 is 13.3 Å². The molecule has 0 heterocycles. The minimum absolute atomic E-state index is 0.404. The molecule has 0 rings (SSSR count). The maximum Gasteiger partial charge on any atom is 0.278 e. The second-order valence-electron chi connectivity index (χ2n) is 2.95. The minimum atomic E-state index is -2.62. The van der Waals surface area contributed by atoms with Gasteiger partial charge in [0.25, 0.3) is 6.43 Å². The first kappa shape index (κ1) is 10.8. The minimum Gasteiger partial charge on any atom is -0.591 e. The summed E-state index contributed by atoms with van der Waals surface area (Å²) in [5.74, 6) is 0. The molecule has 0 unspecified atom stereocenters. The van der Waals surface area contributed by atoms with E-state index < -0.39 is 22.5 Å². The molecule has 5 heteroatoms. The lowest BCUT2D eigenvalue weighted by Crippen LogP contribution is -2.26. The first-order valence-corrected chi connectivity index (χ1v) is 4.19. The van der Waals surface area contributed by atoms with Gasteiger partial charge in [0.2, 0.25) is 0 Å². The molecule has 1 atom stereocenters. The summed E-state index contributed by atoms with van der Waals surface area (Å²) in [4.78, 5) is 0. The average Bonchev–Trinajstić information content (AvgIpc) is 1.80. The molecule has 0 aromatic heterocycles. The Kier molecular flexibility index (Phi) is 3.96.